The van der Waals surface area contributed by atoms with Crippen molar-refractivity contribution in [1.82, 2.24) is 10.3 Å². The molecule has 1 amide bonds. The van der Waals surface area contributed by atoms with Gasteiger partial charge in [0, 0.05) is 18.8 Å². The third-order valence-corrected chi connectivity index (χ3v) is 2.57. The molecule has 0 aliphatic heterocycles. The molecule has 0 fully saturated rings. The molecule has 0 saturated heterocycles. The highest BCUT2D eigenvalue weighted by Crippen LogP contribution is 2.10. The van der Waals surface area contributed by atoms with Gasteiger partial charge in [0.1, 0.15) is 0 Å². The van der Waals surface area contributed by atoms with Crippen LogP contribution in [0.25, 0.3) is 0 Å². The number of carbonyl (C=O) groups excluding carboxylic acids is 1. The maximum absolute atomic E-state index is 11.6. The predicted molar refractivity (Wildman–Crippen MR) is 64.9 cm³/mol. The summed E-state index contributed by atoms with van der Waals surface area (Å²) in [7, 11) is 0. The Morgan fingerprint density at radius 1 is 1.50 bits per heavy atom. The van der Waals surface area contributed by atoms with E-state index in [9.17, 15) is 4.79 Å². The summed E-state index contributed by atoms with van der Waals surface area (Å²) in [5.74, 6) is 0.129. The molecule has 0 radical (unpaired) electrons. The molecule has 0 aromatic carbocycles. The third kappa shape index (κ3) is 4.43. The van der Waals surface area contributed by atoms with E-state index < -0.39 is 0 Å². The van der Waals surface area contributed by atoms with Gasteiger partial charge in [-0.05, 0) is 25.0 Å². The minimum atomic E-state index is 0.0443. The van der Waals surface area contributed by atoms with E-state index in [1.165, 1.54) is 0 Å². The Morgan fingerprint density at radius 2 is 2.31 bits per heavy atom. The van der Waals surface area contributed by atoms with Crippen LogP contribution in [-0.4, -0.2) is 10.9 Å². The smallest absolute Gasteiger partial charge is 0.220 e. The molecule has 0 spiro atoms. The summed E-state index contributed by atoms with van der Waals surface area (Å²) in [4.78, 5) is 15.6. The molecule has 1 heterocycles. The second kappa shape index (κ2) is 6.99. The number of amides is 1. The van der Waals surface area contributed by atoms with Gasteiger partial charge in [-0.3, -0.25) is 9.78 Å². The molecule has 1 N–H and O–H groups in total. The Balaban J connectivity index is 2.34. The molecular formula is C13H20N2O. The predicted octanol–water partition coefficient (Wildman–Crippen LogP) is 2.84. The fourth-order valence-electron chi connectivity index (χ4n) is 1.56. The van der Waals surface area contributed by atoms with E-state index >= 15 is 0 Å². The first-order chi connectivity index (χ1) is 7.74. The van der Waals surface area contributed by atoms with Crippen molar-refractivity contribution in [2.24, 2.45) is 0 Å². The van der Waals surface area contributed by atoms with E-state index in [0.29, 0.717) is 6.42 Å². The fourth-order valence-corrected chi connectivity index (χ4v) is 1.56. The molecule has 1 aromatic rings. The van der Waals surface area contributed by atoms with Crippen molar-refractivity contribution in [2.45, 2.75) is 45.6 Å². The van der Waals surface area contributed by atoms with Crippen LogP contribution < -0.4 is 5.32 Å². The maximum atomic E-state index is 11.6. The van der Waals surface area contributed by atoms with Gasteiger partial charge in [-0.25, -0.2) is 0 Å². The van der Waals surface area contributed by atoms with E-state index in [-0.39, 0.29) is 11.9 Å². The second-order valence-corrected chi connectivity index (χ2v) is 4.03. The average Bonchev–Trinajstić information content (AvgIpc) is 2.30. The number of nitrogens with one attached hydrogen (secondary N) is 1. The minimum absolute atomic E-state index is 0.0443. The van der Waals surface area contributed by atoms with Gasteiger partial charge in [-0.15, -0.1) is 0 Å². The topological polar surface area (TPSA) is 42.0 Å². The van der Waals surface area contributed by atoms with Crippen LogP contribution in [0, 0.1) is 0 Å². The lowest BCUT2D eigenvalue weighted by molar-refractivity contribution is -0.121. The molecule has 3 heteroatoms. The van der Waals surface area contributed by atoms with Crippen molar-refractivity contribution in [3.8, 4) is 0 Å². The molecule has 0 bridgehead atoms. The van der Waals surface area contributed by atoms with E-state index in [4.69, 9.17) is 0 Å². The quantitative estimate of drug-likeness (QED) is 0.749. The zero-order valence-electron chi connectivity index (χ0n) is 10.1. The van der Waals surface area contributed by atoms with Gasteiger partial charge in [0.05, 0.1) is 6.04 Å². The molecule has 0 aliphatic carbocycles. The number of carbonyl (C=O) groups is 1. The first-order valence-electron chi connectivity index (χ1n) is 5.93. The second-order valence-electron chi connectivity index (χ2n) is 4.03. The van der Waals surface area contributed by atoms with Gasteiger partial charge in [0.2, 0.25) is 5.91 Å². The zero-order valence-corrected chi connectivity index (χ0v) is 10.1. The van der Waals surface area contributed by atoms with E-state index in [2.05, 4.69) is 17.2 Å². The lowest BCUT2D eigenvalue weighted by Gasteiger charge is -2.13. The summed E-state index contributed by atoms with van der Waals surface area (Å²) in [6.45, 7) is 4.12. The number of aromatic nitrogens is 1. The Hall–Kier alpha value is -1.38. The third-order valence-electron chi connectivity index (χ3n) is 2.57. The van der Waals surface area contributed by atoms with Gasteiger partial charge in [-0.1, -0.05) is 25.8 Å². The molecular weight excluding hydrogens is 200 g/mol. The Bertz CT molecular complexity index is 311. The highest BCUT2D eigenvalue weighted by atomic mass is 16.1. The van der Waals surface area contributed by atoms with Gasteiger partial charge >= 0.3 is 0 Å². The van der Waals surface area contributed by atoms with Gasteiger partial charge in [-0.2, -0.15) is 0 Å². The van der Waals surface area contributed by atoms with Crippen LogP contribution in [0.1, 0.15) is 51.1 Å². The first-order valence-corrected chi connectivity index (χ1v) is 5.93. The van der Waals surface area contributed by atoms with Crippen molar-refractivity contribution in [3.63, 3.8) is 0 Å². The van der Waals surface area contributed by atoms with Crippen LogP contribution >= 0.6 is 0 Å². The summed E-state index contributed by atoms with van der Waals surface area (Å²) >= 11 is 0. The number of rotatable bonds is 6. The molecule has 1 unspecified atom stereocenters. The van der Waals surface area contributed by atoms with Crippen molar-refractivity contribution in [1.29, 1.82) is 0 Å². The SMILES string of the molecule is CCCCCC(=O)NC(C)c1cccnc1. The van der Waals surface area contributed by atoms with Gasteiger partial charge in [0.25, 0.3) is 0 Å². The number of nitrogens with zero attached hydrogens (tertiary/aromatic N) is 1. The van der Waals surface area contributed by atoms with Crippen LogP contribution in [0.3, 0.4) is 0 Å². The van der Waals surface area contributed by atoms with Crippen LogP contribution in [0.2, 0.25) is 0 Å². The zero-order chi connectivity index (χ0) is 11.8. The molecule has 0 aliphatic rings. The standard InChI is InChI=1S/C13H20N2O/c1-3-4-5-8-13(16)15-11(2)12-7-6-9-14-10-12/h6-7,9-11H,3-5,8H2,1-2H3,(H,15,16). The number of hydrogen-bond donors (Lipinski definition) is 1. The van der Waals surface area contributed by atoms with Crippen LogP contribution in [0.4, 0.5) is 0 Å². The van der Waals surface area contributed by atoms with Gasteiger partial charge in [0.15, 0.2) is 0 Å². The lowest BCUT2D eigenvalue weighted by atomic mass is 10.1. The first kappa shape index (κ1) is 12.7. The van der Waals surface area contributed by atoms with Gasteiger partial charge < -0.3 is 5.32 Å². The molecule has 1 aromatic heterocycles. The summed E-state index contributed by atoms with van der Waals surface area (Å²) in [5.41, 5.74) is 1.05. The van der Waals surface area contributed by atoms with E-state index in [1.807, 2.05) is 19.1 Å². The maximum Gasteiger partial charge on any atom is 0.220 e. The monoisotopic (exact) mass is 220 g/mol. The van der Waals surface area contributed by atoms with Crippen molar-refractivity contribution < 1.29 is 4.79 Å². The summed E-state index contributed by atoms with van der Waals surface area (Å²) in [5, 5.41) is 2.98. The molecule has 1 rings (SSSR count). The Labute approximate surface area is 97.3 Å². The lowest BCUT2D eigenvalue weighted by Crippen LogP contribution is -2.26. The summed E-state index contributed by atoms with van der Waals surface area (Å²) in [6, 6.07) is 3.90. The summed E-state index contributed by atoms with van der Waals surface area (Å²) < 4.78 is 0. The Kier molecular flexibility index (Phi) is 5.54. The minimum Gasteiger partial charge on any atom is -0.350 e. The Morgan fingerprint density at radius 3 is 2.94 bits per heavy atom. The van der Waals surface area contributed by atoms with Crippen LogP contribution in [-0.2, 0) is 4.79 Å². The normalized spacial score (nSPS) is 12.1. The van der Waals surface area contributed by atoms with Crippen molar-refractivity contribution >= 4 is 5.91 Å². The van der Waals surface area contributed by atoms with Crippen molar-refractivity contribution in [2.75, 3.05) is 0 Å². The fraction of sp³-hybridized carbons (Fsp3) is 0.538. The van der Waals surface area contributed by atoms with Crippen LogP contribution in [0.5, 0.6) is 0 Å². The molecule has 88 valence electrons. The molecule has 1 atom stereocenters. The molecule has 3 nitrogen and oxygen atoms in total. The number of pyridine rings is 1. The molecule has 16 heavy (non-hydrogen) atoms. The van der Waals surface area contributed by atoms with Crippen LogP contribution in [0.15, 0.2) is 24.5 Å². The highest BCUT2D eigenvalue weighted by molar-refractivity contribution is 5.76. The molecule has 0 saturated carbocycles. The number of hydrogen-bond acceptors (Lipinski definition) is 2. The average molecular weight is 220 g/mol. The van der Waals surface area contributed by atoms with E-state index in [0.717, 1.165) is 24.8 Å². The van der Waals surface area contributed by atoms with E-state index in [1.54, 1.807) is 12.4 Å². The summed E-state index contributed by atoms with van der Waals surface area (Å²) in [6.07, 6.45) is 7.39. The largest absolute Gasteiger partial charge is 0.350 e. The van der Waals surface area contributed by atoms with Crippen molar-refractivity contribution in [3.05, 3.63) is 30.1 Å². The highest BCUT2D eigenvalue weighted by Gasteiger charge is 2.08. The number of unbranched alkanes of at least 4 members (excludes halogenated alkanes) is 2.